The Morgan fingerprint density at radius 3 is 2.59 bits per heavy atom. The fourth-order valence-corrected chi connectivity index (χ4v) is 3.20. The monoisotopic (exact) mass is 425 g/mol. The Bertz CT molecular complexity index is 613. The first-order valence-electron chi connectivity index (χ1n) is 6.84. The minimum absolute atomic E-state index is 0.211. The summed E-state index contributed by atoms with van der Waals surface area (Å²) in [5, 5.41) is 0. The molecule has 22 heavy (non-hydrogen) atoms. The highest BCUT2D eigenvalue weighted by molar-refractivity contribution is 14.1. The Morgan fingerprint density at radius 2 is 2.05 bits per heavy atom. The number of nitrogens with zero attached hydrogens (tertiary/aromatic N) is 1. The number of amides is 1. The highest BCUT2D eigenvalue weighted by atomic mass is 127. The maximum Gasteiger partial charge on any atom is 0.416 e. The lowest BCUT2D eigenvalue weighted by Crippen LogP contribution is -2.41. The van der Waals surface area contributed by atoms with Gasteiger partial charge in [-0.15, -0.1) is 0 Å². The number of hydrogen-bond acceptors (Lipinski definition) is 2. The smallest absolute Gasteiger partial charge is 0.416 e. The van der Waals surface area contributed by atoms with Crippen LogP contribution in [0.4, 0.5) is 23.7 Å². The quantitative estimate of drug-likeness (QED) is 0.607. The van der Waals surface area contributed by atoms with E-state index >= 15 is 0 Å². The van der Waals surface area contributed by atoms with Crippen LogP contribution in [-0.4, -0.2) is 18.7 Å². The highest BCUT2D eigenvalue weighted by Crippen LogP contribution is 2.42. The third kappa shape index (κ3) is 3.23. The lowest BCUT2D eigenvalue weighted by Gasteiger charge is -2.34. The van der Waals surface area contributed by atoms with Crippen LogP contribution < -0.4 is 4.90 Å². The summed E-state index contributed by atoms with van der Waals surface area (Å²) in [5.74, 6) is 0. The van der Waals surface area contributed by atoms with Crippen molar-refractivity contribution in [2.24, 2.45) is 0 Å². The van der Waals surface area contributed by atoms with Crippen LogP contribution in [0.15, 0.2) is 24.3 Å². The number of rotatable bonds is 2. The number of ether oxygens (including phenoxy) is 1. The minimum Gasteiger partial charge on any atom is -0.449 e. The third-order valence-corrected chi connectivity index (χ3v) is 4.33. The normalized spacial score (nSPS) is 17.8. The van der Waals surface area contributed by atoms with Gasteiger partial charge in [0, 0.05) is 9.14 Å². The molecule has 7 heteroatoms. The van der Waals surface area contributed by atoms with Crippen LogP contribution in [0.1, 0.15) is 31.4 Å². The fraction of sp³-hybridized carbons (Fsp3) is 0.400. The van der Waals surface area contributed by atoms with Gasteiger partial charge in [-0.1, -0.05) is 6.92 Å². The summed E-state index contributed by atoms with van der Waals surface area (Å²) in [7, 11) is 0. The van der Waals surface area contributed by atoms with E-state index in [1.54, 1.807) is 13.0 Å². The number of hydrogen-bond donors (Lipinski definition) is 0. The SMILES string of the molecule is CCOC(=O)N1c2ccc(C(F)(F)F)cc2C(I)=C[C@@H]1CC. The number of carbonyl (C=O) groups excluding carboxylic acids is 1. The van der Waals surface area contributed by atoms with Gasteiger partial charge in [0.15, 0.2) is 0 Å². The molecule has 0 N–H and O–H groups in total. The van der Waals surface area contributed by atoms with Crippen molar-refractivity contribution in [2.45, 2.75) is 32.5 Å². The Balaban J connectivity index is 2.54. The van der Waals surface area contributed by atoms with Gasteiger partial charge in [-0.2, -0.15) is 13.2 Å². The molecule has 1 aliphatic heterocycles. The lowest BCUT2D eigenvalue weighted by molar-refractivity contribution is -0.137. The van der Waals surface area contributed by atoms with Gasteiger partial charge in [-0.25, -0.2) is 4.79 Å². The van der Waals surface area contributed by atoms with Gasteiger partial charge in [-0.05, 0) is 60.2 Å². The zero-order valence-electron chi connectivity index (χ0n) is 12.1. The largest absolute Gasteiger partial charge is 0.449 e. The zero-order valence-corrected chi connectivity index (χ0v) is 14.2. The van der Waals surface area contributed by atoms with E-state index in [0.717, 1.165) is 12.1 Å². The van der Waals surface area contributed by atoms with Crippen LogP contribution >= 0.6 is 22.6 Å². The Morgan fingerprint density at radius 1 is 1.36 bits per heavy atom. The Kier molecular flexibility index (Phi) is 5.03. The van der Waals surface area contributed by atoms with Gasteiger partial charge in [0.1, 0.15) is 0 Å². The third-order valence-electron chi connectivity index (χ3n) is 3.39. The second-order valence-corrected chi connectivity index (χ2v) is 5.95. The van der Waals surface area contributed by atoms with E-state index in [9.17, 15) is 18.0 Å². The van der Waals surface area contributed by atoms with E-state index in [0.29, 0.717) is 21.3 Å². The molecular formula is C15H15F3INO2. The van der Waals surface area contributed by atoms with Gasteiger partial charge in [-0.3, -0.25) is 4.90 Å². The summed E-state index contributed by atoms with van der Waals surface area (Å²) in [5.41, 5.74) is 0.117. The van der Waals surface area contributed by atoms with Crippen molar-refractivity contribution >= 4 is 38.0 Å². The highest BCUT2D eigenvalue weighted by Gasteiger charge is 2.35. The van der Waals surface area contributed by atoms with E-state index in [4.69, 9.17) is 4.74 Å². The molecule has 120 valence electrons. The van der Waals surface area contributed by atoms with Crippen molar-refractivity contribution in [3.05, 3.63) is 35.4 Å². The molecule has 0 unspecified atom stereocenters. The first kappa shape index (κ1) is 17.1. The molecule has 1 atom stereocenters. The van der Waals surface area contributed by atoms with Crippen molar-refractivity contribution in [1.82, 2.24) is 0 Å². The number of halogens is 4. The van der Waals surface area contributed by atoms with Gasteiger partial charge in [0.25, 0.3) is 0 Å². The second kappa shape index (κ2) is 6.47. The van der Waals surface area contributed by atoms with Crippen LogP contribution in [0.5, 0.6) is 0 Å². The summed E-state index contributed by atoms with van der Waals surface area (Å²) in [6.45, 7) is 3.81. The van der Waals surface area contributed by atoms with Crippen LogP contribution in [0.25, 0.3) is 3.58 Å². The zero-order chi connectivity index (χ0) is 16.5. The van der Waals surface area contributed by atoms with E-state index in [1.165, 1.54) is 11.0 Å². The summed E-state index contributed by atoms with van der Waals surface area (Å²) in [6.07, 6.45) is -2.52. The molecule has 3 nitrogen and oxygen atoms in total. The molecule has 1 aromatic carbocycles. The van der Waals surface area contributed by atoms with Gasteiger partial charge in [0.05, 0.1) is 23.9 Å². The molecule has 1 aliphatic rings. The molecule has 0 radical (unpaired) electrons. The van der Waals surface area contributed by atoms with Crippen LogP contribution in [0, 0.1) is 0 Å². The summed E-state index contributed by atoms with van der Waals surface area (Å²) < 4.78 is 44.4. The van der Waals surface area contributed by atoms with Crippen molar-refractivity contribution in [3.8, 4) is 0 Å². The maximum absolute atomic E-state index is 12.9. The summed E-state index contributed by atoms with van der Waals surface area (Å²) in [6, 6.07) is 3.18. The molecule has 0 aliphatic carbocycles. The van der Waals surface area contributed by atoms with Gasteiger partial charge in [0.2, 0.25) is 0 Å². The fourth-order valence-electron chi connectivity index (χ4n) is 2.35. The molecule has 0 fully saturated rings. The molecule has 0 aromatic heterocycles. The molecule has 2 rings (SSSR count). The second-order valence-electron chi connectivity index (χ2n) is 4.79. The van der Waals surface area contributed by atoms with Gasteiger partial charge >= 0.3 is 12.3 Å². The predicted octanol–water partition coefficient (Wildman–Crippen LogP) is 5.24. The molecule has 1 aromatic rings. The average molecular weight is 425 g/mol. The number of carbonyl (C=O) groups is 1. The summed E-state index contributed by atoms with van der Waals surface area (Å²) in [4.78, 5) is 13.6. The van der Waals surface area contributed by atoms with Crippen LogP contribution in [0.2, 0.25) is 0 Å². The van der Waals surface area contributed by atoms with Crippen molar-refractivity contribution < 1.29 is 22.7 Å². The number of benzene rings is 1. The van der Waals surface area contributed by atoms with Crippen molar-refractivity contribution in [2.75, 3.05) is 11.5 Å². The topological polar surface area (TPSA) is 29.5 Å². The van der Waals surface area contributed by atoms with E-state index in [1.807, 2.05) is 29.5 Å². The number of anilines is 1. The van der Waals surface area contributed by atoms with E-state index < -0.39 is 17.8 Å². The first-order chi connectivity index (χ1) is 10.3. The average Bonchev–Trinajstić information content (AvgIpc) is 2.45. The number of alkyl halides is 3. The predicted molar refractivity (Wildman–Crippen MR) is 87.0 cm³/mol. The van der Waals surface area contributed by atoms with Crippen molar-refractivity contribution in [1.29, 1.82) is 0 Å². The van der Waals surface area contributed by atoms with E-state index in [2.05, 4.69) is 0 Å². The Hall–Kier alpha value is -1.25. The molecular weight excluding hydrogens is 410 g/mol. The first-order valence-corrected chi connectivity index (χ1v) is 7.92. The molecule has 0 saturated carbocycles. The number of fused-ring (bicyclic) bond motifs is 1. The molecule has 0 saturated heterocycles. The molecule has 0 spiro atoms. The van der Waals surface area contributed by atoms with E-state index in [-0.39, 0.29) is 12.6 Å². The maximum atomic E-state index is 12.9. The van der Waals surface area contributed by atoms with Crippen LogP contribution in [0.3, 0.4) is 0 Å². The molecule has 1 amide bonds. The lowest BCUT2D eigenvalue weighted by atomic mass is 9.99. The van der Waals surface area contributed by atoms with Crippen LogP contribution in [-0.2, 0) is 10.9 Å². The van der Waals surface area contributed by atoms with Gasteiger partial charge < -0.3 is 4.74 Å². The minimum atomic E-state index is -4.41. The molecule has 1 heterocycles. The summed E-state index contributed by atoms with van der Waals surface area (Å²) >= 11 is 2.00. The molecule has 0 bridgehead atoms. The van der Waals surface area contributed by atoms with Crippen molar-refractivity contribution in [3.63, 3.8) is 0 Å². The standard InChI is InChI=1S/C15H15F3INO2/c1-3-10-8-12(19)11-7-9(15(16,17)18)5-6-13(11)20(10)14(21)22-4-2/h5-8,10H,3-4H2,1-2H3/t10-/m0/s1. The Labute approximate surface area is 140 Å².